The van der Waals surface area contributed by atoms with Crippen molar-refractivity contribution in [1.29, 1.82) is 0 Å². The summed E-state index contributed by atoms with van der Waals surface area (Å²) in [5.74, 6) is 0. The average molecular weight is 271 g/mol. The normalized spacial score (nSPS) is 41.6. The van der Waals surface area contributed by atoms with Crippen LogP contribution in [0.3, 0.4) is 0 Å². The Kier molecular flexibility index (Phi) is 4.18. The molecule has 1 unspecified atom stereocenters. The number of nitrogens with two attached hydrogens (primary N) is 1. The third-order valence-corrected chi connectivity index (χ3v) is 12.3. The van der Waals surface area contributed by atoms with E-state index in [0.29, 0.717) is 6.04 Å². The van der Waals surface area contributed by atoms with Gasteiger partial charge in [-0.25, -0.2) is 0 Å². The summed E-state index contributed by atoms with van der Waals surface area (Å²) >= 11 is 0. The van der Waals surface area contributed by atoms with Crippen LogP contribution in [0, 0.1) is 0 Å². The van der Waals surface area contributed by atoms with E-state index in [4.69, 9.17) is 5.73 Å². The van der Waals surface area contributed by atoms with Gasteiger partial charge in [-0.2, -0.15) is 0 Å². The summed E-state index contributed by atoms with van der Waals surface area (Å²) in [6.45, 7) is 7.68. The fourth-order valence-corrected chi connectivity index (χ4v) is 10.1. The van der Waals surface area contributed by atoms with Crippen molar-refractivity contribution >= 4 is 16.1 Å². The monoisotopic (exact) mass is 270 g/mol. The summed E-state index contributed by atoms with van der Waals surface area (Å²) in [7, 11) is -1.76. The first-order chi connectivity index (χ1) is 7.89. The van der Waals surface area contributed by atoms with Crippen molar-refractivity contribution < 1.29 is 0 Å². The Morgan fingerprint density at radius 2 is 1.71 bits per heavy atom. The largest absolute Gasteiger partial charge is 0.328 e. The van der Waals surface area contributed by atoms with Gasteiger partial charge >= 0.3 is 0 Å². The van der Waals surface area contributed by atoms with Crippen molar-refractivity contribution in [2.24, 2.45) is 5.73 Å². The van der Waals surface area contributed by atoms with Crippen LogP contribution in [0.25, 0.3) is 0 Å². The van der Waals surface area contributed by atoms with E-state index in [1.54, 1.807) is 0 Å². The van der Waals surface area contributed by atoms with Crippen molar-refractivity contribution in [3.63, 3.8) is 0 Å². The molecule has 1 atom stereocenters. The highest BCUT2D eigenvalue weighted by atomic mass is 28.3. The lowest BCUT2D eigenvalue weighted by Gasteiger charge is -2.35. The van der Waals surface area contributed by atoms with E-state index < -0.39 is 16.1 Å². The maximum atomic E-state index is 6.02. The van der Waals surface area contributed by atoms with Gasteiger partial charge in [0, 0.05) is 20.2 Å². The molecule has 0 amide bonds. The summed E-state index contributed by atoms with van der Waals surface area (Å²) in [5, 5.41) is 3.92. The van der Waals surface area contributed by atoms with Crippen LogP contribution < -0.4 is 11.1 Å². The first-order valence-corrected chi connectivity index (χ1v) is 13.9. The molecule has 0 aromatic heterocycles. The van der Waals surface area contributed by atoms with Gasteiger partial charge in [0.1, 0.15) is 0 Å². The lowest BCUT2D eigenvalue weighted by atomic mass is 10.2. The van der Waals surface area contributed by atoms with Crippen LogP contribution in [-0.4, -0.2) is 34.4 Å². The van der Waals surface area contributed by atoms with Crippen molar-refractivity contribution in [1.82, 2.24) is 5.32 Å². The molecule has 17 heavy (non-hydrogen) atoms. The van der Waals surface area contributed by atoms with Gasteiger partial charge in [-0.05, 0) is 31.5 Å². The highest BCUT2D eigenvalue weighted by Crippen LogP contribution is 2.31. The first kappa shape index (κ1) is 13.8. The third kappa shape index (κ3) is 3.91. The zero-order chi connectivity index (χ0) is 12.5. The fourth-order valence-electron chi connectivity index (χ4n) is 3.51. The standard InChI is InChI=1S/C13H30N2Si2/c1-16(2)7-6-13(10-16)15-11-17(3)8-4-12(14)5-9-17/h12-13,15H,4-11,14H2,1-3H3. The van der Waals surface area contributed by atoms with Crippen molar-refractivity contribution in [2.75, 3.05) is 6.17 Å². The predicted octanol–water partition coefficient (Wildman–Crippen LogP) is 2.80. The van der Waals surface area contributed by atoms with Gasteiger partial charge < -0.3 is 11.1 Å². The van der Waals surface area contributed by atoms with E-state index in [9.17, 15) is 0 Å². The highest BCUT2D eigenvalue weighted by molar-refractivity contribution is 6.79. The van der Waals surface area contributed by atoms with Gasteiger partial charge in [0.2, 0.25) is 0 Å². The van der Waals surface area contributed by atoms with Crippen LogP contribution in [-0.2, 0) is 0 Å². The third-order valence-electron chi connectivity index (χ3n) is 5.02. The van der Waals surface area contributed by atoms with E-state index in [0.717, 1.165) is 6.04 Å². The number of hydrogen-bond donors (Lipinski definition) is 2. The predicted molar refractivity (Wildman–Crippen MR) is 81.9 cm³/mol. The van der Waals surface area contributed by atoms with Crippen molar-refractivity contribution in [3.8, 4) is 0 Å². The Morgan fingerprint density at radius 3 is 2.24 bits per heavy atom. The quantitative estimate of drug-likeness (QED) is 0.774. The molecule has 0 saturated carbocycles. The molecular weight excluding hydrogens is 240 g/mol. The molecule has 0 bridgehead atoms. The van der Waals surface area contributed by atoms with E-state index in [1.807, 2.05) is 0 Å². The molecule has 2 fully saturated rings. The lowest BCUT2D eigenvalue weighted by Crippen LogP contribution is -2.49. The molecule has 2 saturated heterocycles. The van der Waals surface area contributed by atoms with Gasteiger partial charge in [-0.15, -0.1) is 0 Å². The summed E-state index contributed by atoms with van der Waals surface area (Å²) in [5.41, 5.74) is 6.02. The summed E-state index contributed by atoms with van der Waals surface area (Å²) in [4.78, 5) is 0. The Bertz CT molecular complexity index is 260. The van der Waals surface area contributed by atoms with Crippen molar-refractivity contribution in [2.45, 2.75) is 75.2 Å². The second kappa shape index (κ2) is 5.15. The van der Waals surface area contributed by atoms with Crippen LogP contribution in [0.2, 0.25) is 43.8 Å². The second-order valence-electron chi connectivity index (χ2n) is 7.63. The molecule has 0 radical (unpaired) electrons. The zero-order valence-electron chi connectivity index (χ0n) is 11.9. The molecule has 2 heterocycles. The summed E-state index contributed by atoms with van der Waals surface area (Å²) in [6.07, 6.45) is 5.38. The number of nitrogens with one attached hydrogen (secondary N) is 1. The molecule has 3 N–H and O–H groups in total. The van der Waals surface area contributed by atoms with E-state index in [2.05, 4.69) is 25.0 Å². The van der Waals surface area contributed by atoms with E-state index >= 15 is 0 Å². The lowest BCUT2D eigenvalue weighted by molar-refractivity contribution is 0.562. The highest BCUT2D eigenvalue weighted by Gasteiger charge is 2.36. The van der Waals surface area contributed by atoms with Crippen molar-refractivity contribution in [3.05, 3.63) is 0 Å². The molecule has 2 aliphatic rings. The number of rotatable bonds is 3. The summed E-state index contributed by atoms with van der Waals surface area (Å²) < 4.78 is 0. The van der Waals surface area contributed by atoms with Gasteiger partial charge in [0.25, 0.3) is 0 Å². The minimum Gasteiger partial charge on any atom is -0.328 e. The molecule has 2 rings (SSSR count). The van der Waals surface area contributed by atoms with Gasteiger partial charge in [-0.1, -0.05) is 37.8 Å². The first-order valence-electron chi connectivity index (χ1n) is 7.38. The van der Waals surface area contributed by atoms with Gasteiger partial charge in [0.15, 0.2) is 0 Å². The Balaban J connectivity index is 1.75. The second-order valence-corrected chi connectivity index (χ2v) is 17.8. The molecule has 0 aromatic carbocycles. The molecular formula is C13H30N2Si2. The Hall–Kier alpha value is 0.354. The molecule has 0 aliphatic carbocycles. The smallest absolute Gasteiger partial charge is 0.0658 e. The van der Waals surface area contributed by atoms with Crippen LogP contribution in [0.5, 0.6) is 0 Å². The topological polar surface area (TPSA) is 38.0 Å². The molecule has 100 valence electrons. The van der Waals surface area contributed by atoms with Gasteiger partial charge in [0.05, 0.1) is 8.07 Å². The zero-order valence-corrected chi connectivity index (χ0v) is 13.9. The average Bonchev–Trinajstić information content (AvgIpc) is 2.61. The molecule has 2 aliphatic heterocycles. The molecule has 2 nitrogen and oxygen atoms in total. The minimum absolute atomic E-state index is 0.508. The van der Waals surface area contributed by atoms with Gasteiger partial charge in [-0.3, -0.25) is 0 Å². The maximum absolute atomic E-state index is 6.02. The Labute approximate surface area is 109 Å². The van der Waals surface area contributed by atoms with Crippen LogP contribution in [0.15, 0.2) is 0 Å². The Morgan fingerprint density at radius 1 is 1.06 bits per heavy atom. The van der Waals surface area contributed by atoms with E-state index in [-0.39, 0.29) is 0 Å². The van der Waals surface area contributed by atoms with Crippen LogP contribution in [0.4, 0.5) is 0 Å². The summed E-state index contributed by atoms with van der Waals surface area (Å²) in [6, 6.07) is 7.32. The molecule has 0 aromatic rings. The van der Waals surface area contributed by atoms with Crippen LogP contribution >= 0.6 is 0 Å². The maximum Gasteiger partial charge on any atom is 0.0658 e. The SMILES string of the molecule is C[Si]1(C)CCC(NC[Si]2(C)CCC(N)CC2)C1. The fraction of sp³-hybridized carbons (Fsp3) is 1.00. The molecule has 0 spiro atoms. The van der Waals surface area contributed by atoms with Crippen LogP contribution in [0.1, 0.15) is 19.3 Å². The number of hydrogen-bond acceptors (Lipinski definition) is 2. The van der Waals surface area contributed by atoms with E-state index in [1.165, 1.54) is 49.6 Å². The minimum atomic E-state index is -0.968. The molecule has 4 heteroatoms.